The Bertz CT molecular complexity index is 875. The van der Waals surface area contributed by atoms with Crippen molar-refractivity contribution >= 4 is 21.8 Å². The van der Waals surface area contributed by atoms with Gasteiger partial charge in [0, 0.05) is 31.9 Å². The Balaban J connectivity index is 2.56. The van der Waals surface area contributed by atoms with E-state index in [2.05, 4.69) is 9.71 Å². The van der Waals surface area contributed by atoms with E-state index in [1.54, 1.807) is 32.2 Å². The Morgan fingerprint density at radius 1 is 1.16 bits per heavy atom. The van der Waals surface area contributed by atoms with E-state index in [4.69, 9.17) is 0 Å². The molecule has 1 aromatic heterocycles. The topological polar surface area (TPSA) is 99.6 Å². The zero-order chi connectivity index (χ0) is 18.8. The summed E-state index contributed by atoms with van der Waals surface area (Å²) in [5, 5.41) is 9.31. The van der Waals surface area contributed by atoms with Gasteiger partial charge in [-0.1, -0.05) is 0 Å². The summed E-state index contributed by atoms with van der Waals surface area (Å²) in [7, 11) is -0.0967. The van der Waals surface area contributed by atoms with Gasteiger partial charge in [-0.3, -0.25) is 0 Å². The lowest BCUT2D eigenvalue weighted by Gasteiger charge is -2.13. The van der Waals surface area contributed by atoms with Crippen molar-refractivity contribution in [2.75, 3.05) is 19.0 Å². The number of carboxylic acid groups (broad SMARTS) is 1. The summed E-state index contributed by atoms with van der Waals surface area (Å²) >= 11 is 0. The Morgan fingerprint density at radius 3 is 2.32 bits per heavy atom. The Kier molecular flexibility index (Phi) is 5.44. The van der Waals surface area contributed by atoms with Gasteiger partial charge in [0.25, 0.3) is 0 Å². The highest BCUT2D eigenvalue weighted by atomic mass is 32.2. The molecule has 25 heavy (non-hydrogen) atoms. The number of pyridine rings is 1. The number of carboxylic acids is 1. The molecule has 0 amide bonds. The number of carbonyl (C=O) groups is 1. The quantitative estimate of drug-likeness (QED) is 0.816. The van der Waals surface area contributed by atoms with Crippen molar-refractivity contribution in [2.45, 2.75) is 24.8 Å². The van der Waals surface area contributed by atoms with Gasteiger partial charge in [-0.25, -0.2) is 22.9 Å². The molecule has 2 rings (SSSR count). The molecular weight excluding hydrogens is 342 g/mol. The average Bonchev–Trinajstić information content (AvgIpc) is 2.53. The highest BCUT2D eigenvalue weighted by Gasteiger charge is 2.19. The second-order valence-corrected chi connectivity index (χ2v) is 7.84. The molecular formula is C17H21N3O4S. The normalized spacial score (nSPS) is 11.6. The van der Waals surface area contributed by atoms with Gasteiger partial charge in [0.1, 0.15) is 5.82 Å². The molecule has 0 aliphatic carbocycles. The number of sulfonamides is 1. The maximum atomic E-state index is 12.4. The van der Waals surface area contributed by atoms with Gasteiger partial charge in [0.15, 0.2) is 0 Å². The van der Waals surface area contributed by atoms with Gasteiger partial charge in [-0.15, -0.1) is 0 Å². The highest BCUT2D eigenvalue weighted by Crippen LogP contribution is 2.25. The molecule has 7 nitrogen and oxygen atoms in total. The summed E-state index contributed by atoms with van der Waals surface area (Å²) in [5.41, 5.74) is 1.01. The lowest BCUT2D eigenvalue weighted by molar-refractivity contribution is 0.0696. The smallest absolute Gasteiger partial charge is 0.335 e. The summed E-state index contributed by atoms with van der Waals surface area (Å²) in [5.74, 6) is -0.451. The van der Waals surface area contributed by atoms with E-state index in [-0.39, 0.29) is 16.5 Å². The molecule has 134 valence electrons. The number of nitrogens with one attached hydrogen (secondary N) is 1. The van der Waals surface area contributed by atoms with Crippen LogP contribution in [0, 0.1) is 0 Å². The van der Waals surface area contributed by atoms with E-state index in [1.807, 2.05) is 19.0 Å². The van der Waals surface area contributed by atoms with Crippen LogP contribution in [0.4, 0.5) is 5.82 Å². The second-order valence-electron chi connectivity index (χ2n) is 6.13. The summed E-state index contributed by atoms with van der Waals surface area (Å²) in [6.45, 7) is 3.40. The van der Waals surface area contributed by atoms with Crippen LogP contribution in [0.2, 0.25) is 0 Å². The Hall–Kier alpha value is -2.45. The van der Waals surface area contributed by atoms with Crippen molar-refractivity contribution < 1.29 is 18.3 Å². The van der Waals surface area contributed by atoms with Crippen LogP contribution < -0.4 is 9.62 Å². The van der Waals surface area contributed by atoms with Crippen LogP contribution in [0.1, 0.15) is 24.2 Å². The minimum atomic E-state index is -3.81. The van der Waals surface area contributed by atoms with Crippen molar-refractivity contribution in [2.24, 2.45) is 0 Å². The molecule has 1 aromatic carbocycles. The number of hydrogen-bond donors (Lipinski definition) is 2. The Morgan fingerprint density at radius 2 is 1.84 bits per heavy atom. The third-order valence-corrected chi connectivity index (χ3v) is 5.03. The van der Waals surface area contributed by atoms with Crippen LogP contribution in [0.3, 0.4) is 0 Å². The number of nitrogens with zero attached hydrogens (tertiary/aromatic N) is 2. The third kappa shape index (κ3) is 4.55. The monoisotopic (exact) mass is 363 g/mol. The zero-order valence-electron chi connectivity index (χ0n) is 14.5. The fraction of sp³-hybridized carbons (Fsp3) is 0.294. The SMILES string of the molecule is CC(C)NS(=O)(=O)c1cc(C(=O)O)cc(-c2ccc(N(C)C)nc2)c1. The van der Waals surface area contributed by atoms with Crippen molar-refractivity contribution in [3.8, 4) is 11.1 Å². The molecule has 0 saturated carbocycles. The molecule has 0 saturated heterocycles. The molecule has 1 heterocycles. The molecule has 0 aliphatic heterocycles. The lowest BCUT2D eigenvalue weighted by atomic mass is 10.0. The number of aromatic carboxylic acids is 1. The molecule has 2 aromatic rings. The van der Waals surface area contributed by atoms with Gasteiger partial charge in [-0.05, 0) is 49.7 Å². The summed E-state index contributed by atoms with van der Waals surface area (Å²) in [6.07, 6.45) is 1.59. The van der Waals surface area contributed by atoms with Gasteiger partial charge in [0.05, 0.1) is 10.5 Å². The minimum absolute atomic E-state index is 0.0900. The first-order valence-electron chi connectivity index (χ1n) is 7.64. The summed E-state index contributed by atoms with van der Waals surface area (Å²) in [4.78, 5) is 17.4. The molecule has 0 radical (unpaired) electrons. The molecule has 0 bridgehead atoms. The van der Waals surface area contributed by atoms with Crippen LogP contribution in [0.15, 0.2) is 41.4 Å². The predicted octanol–water partition coefficient (Wildman–Crippen LogP) is 2.20. The van der Waals surface area contributed by atoms with Crippen LogP contribution in [-0.4, -0.2) is 44.6 Å². The molecule has 2 N–H and O–H groups in total. The lowest BCUT2D eigenvalue weighted by Crippen LogP contribution is -2.30. The minimum Gasteiger partial charge on any atom is -0.478 e. The third-order valence-electron chi connectivity index (χ3n) is 3.39. The number of anilines is 1. The molecule has 0 spiro atoms. The van der Waals surface area contributed by atoms with E-state index in [0.717, 1.165) is 11.9 Å². The van der Waals surface area contributed by atoms with Crippen molar-refractivity contribution in [3.63, 3.8) is 0 Å². The van der Waals surface area contributed by atoms with Gasteiger partial charge in [-0.2, -0.15) is 0 Å². The van der Waals surface area contributed by atoms with E-state index in [9.17, 15) is 18.3 Å². The molecule has 8 heteroatoms. The molecule has 0 fully saturated rings. The molecule has 0 unspecified atom stereocenters. The molecule has 0 aliphatic rings. The standard InChI is InChI=1S/C17H21N3O4S/c1-11(2)19-25(23,24)15-8-13(7-14(9-15)17(21)22)12-5-6-16(18-10-12)20(3)4/h5-11,19H,1-4H3,(H,21,22). The van der Waals surface area contributed by atoms with E-state index < -0.39 is 16.0 Å². The fourth-order valence-electron chi connectivity index (χ4n) is 2.24. The second kappa shape index (κ2) is 7.20. The maximum Gasteiger partial charge on any atom is 0.335 e. The van der Waals surface area contributed by atoms with Gasteiger partial charge in [0.2, 0.25) is 10.0 Å². The van der Waals surface area contributed by atoms with Crippen molar-refractivity contribution in [3.05, 3.63) is 42.1 Å². The maximum absolute atomic E-state index is 12.4. The number of rotatable bonds is 6. The first-order valence-corrected chi connectivity index (χ1v) is 9.13. The first kappa shape index (κ1) is 18.9. The van der Waals surface area contributed by atoms with Crippen LogP contribution >= 0.6 is 0 Å². The predicted molar refractivity (Wildman–Crippen MR) is 96.4 cm³/mol. The first-order chi connectivity index (χ1) is 11.6. The van der Waals surface area contributed by atoms with E-state index >= 15 is 0 Å². The van der Waals surface area contributed by atoms with Crippen molar-refractivity contribution in [1.82, 2.24) is 9.71 Å². The largest absolute Gasteiger partial charge is 0.478 e. The van der Waals surface area contributed by atoms with Crippen LogP contribution in [-0.2, 0) is 10.0 Å². The van der Waals surface area contributed by atoms with Gasteiger partial charge < -0.3 is 10.0 Å². The van der Waals surface area contributed by atoms with E-state index in [1.165, 1.54) is 12.1 Å². The Labute approximate surface area is 147 Å². The number of benzene rings is 1. The van der Waals surface area contributed by atoms with Crippen LogP contribution in [0.5, 0.6) is 0 Å². The number of hydrogen-bond acceptors (Lipinski definition) is 5. The van der Waals surface area contributed by atoms with Crippen molar-refractivity contribution in [1.29, 1.82) is 0 Å². The highest BCUT2D eigenvalue weighted by molar-refractivity contribution is 7.89. The average molecular weight is 363 g/mol. The molecule has 0 atom stereocenters. The van der Waals surface area contributed by atoms with Gasteiger partial charge >= 0.3 is 5.97 Å². The van der Waals surface area contributed by atoms with E-state index in [0.29, 0.717) is 11.1 Å². The summed E-state index contributed by atoms with van der Waals surface area (Å²) < 4.78 is 27.3. The summed E-state index contributed by atoms with van der Waals surface area (Å²) in [6, 6.07) is 7.28. The zero-order valence-corrected chi connectivity index (χ0v) is 15.3. The fourth-order valence-corrected chi connectivity index (χ4v) is 3.56. The number of aromatic nitrogens is 1. The van der Waals surface area contributed by atoms with Crippen LogP contribution in [0.25, 0.3) is 11.1 Å².